The van der Waals surface area contributed by atoms with E-state index in [1.54, 1.807) is 18.5 Å². The number of pyridine rings is 1. The highest BCUT2D eigenvalue weighted by Crippen LogP contribution is 2.25. The number of amides is 1. The highest BCUT2D eigenvalue weighted by Gasteiger charge is 2.30. The van der Waals surface area contributed by atoms with Gasteiger partial charge in [-0.15, -0.1) is 0 Å². The minimum absolute atomic E-state index is 0.231. The molecule has 1 aromatic carbocycles. The van der Waals surface area contributed by atoms with Crippen molar-refractivity contribution in [2.75, 3.05) is 26.2 Å². The summed E-state index contributed by atoms with van der Waals surface area (Å²) in [6.45, 7) is 3.81. The quantitative estimate of drug-likeness (QED) is 0.616. The van der Waals surface area contributed by atoms with Gasteiger partial charge in [-0.1, -0.05) is 29.3 Å². The summed E-state index contributed by atoms with van der Waals surface area (Å²) in [5.74, 6) is 1.13. The molecule has 0 bridgehead atoms. The molecule has 2 aliphatic rings. The highest BCUT2D eigenvalue weighted by molar-refractivity contribution is 6.42. The Morgan fingerprint density at radius 1 is 0.968 bits per heavy atom. The standard InChI is InChI=1S/C24H29Cl2N3O2/c25-22-3-1-18(17-23(22)26)2-4-24(30)29-13-7-19(8-14-29)28-15-9-21(10-16-28)31-20-5-11-27-12-6-20/h1,3,5-6,11-12,17,19,21H,2,4,7-10,13-16H2. The number of carbonyl (C=O) groups excluding carboxylic acids is 1. The fourth-order valence-electron chi connectivity index (χ4n) is 4.55. The molecule has 1 amide bonds. The Kier molecular flexibility index (Phi) is 7.70. The lowest BCUT2D eigenvalue weighted by molar-refractivity contribution is -0.132. The normalized spacial score (nSPS) is 18.8. The van der Waals surface area contributed by atoms with Gasteiger partial charge >= 0.3 is 0 Å². The van der Waals surface area contributed by atoms with Crippen molar-refractivity contribution in [3.63, 3.8) is 0 Å². The molecule has 5 nitrogen and oxygen atoms in total. The molecule has 4 rings (SSSR count). The van der Waals surface area contributed by atoms with Crippen molar-refractivity contribution >= 4 is 29.1 Å². The van der Waals surface area contributed by atoms with Crippen LogP contribution >= 0.6 is 23.2 Å². The van der Waals surface area contributed by atoms with Gasteiger partial charge in [0.1, 0.15) is 11.9 Å². The zero-order valence-electron chi connectivity index (χ0n) is 17.7. The van der Waals surface area contributed by atoms with Gasteiger partial charge in [-0.25, -0.2) is 0 Å². The Hall–Kier alpha value is -1.82. The maximum atomic E-state index is 12.7. The number of nitrogens with zero attached hydrogens (tertiary/aromatic N) is 3. The summed E-state index contributed by atoms with van der Waals surface area (Å²) < 4.78 is 6.08. The minimum atomic E-state index is 0.231. The van der Waals surface area contributed by atoms with Gasteiger partial charge in [0.25, 0.3) is 0 Å². The van der Waals surface area contributed by atoms with Gasteiger partial charge in [-0.3, -0.25) is 14.7 Å². The Morgan fingerprint density at radius 2 is 1.68 bits per heavy atom. The monoisotopic (exact) mass is 461 g/mol. The van der Waals surface area contributed by atoms with E-state index in [2.05, 4.69) is 9.88 Å². The van der Waals surface area contributed by atoms with Crippen LogP contribution in [-0.4, -0.2) is 59.0 Å². The van der Waals surface area contributed by atoms with E-state index in [0.29, 0.717) is 28.9 Å². The van der Waals surface area contributed by atoms with Crippen LogP contribution in [0, 0.1) is 0 Å². The molecule has 0 unspecified atom stereocenters. The number of aromatic nitrogens is 1. The highest BCUT2D eigenvalue weighted by atomic mass is 35.5. The van der Waals surface area contributed by atoms with Crippen molar-refractivity contribution in [1.29, 1.82) is 0 Å². The van der Waals surface area contributed by atoms with Crippen molar-refractivity contribution < 1.29 is 9.53 Å². The number of halogens is 2. The third-order valence-electron chi connectivity index (χ3n) is 6.37. The Morgan fingerprint density at radius 3 is 2.35 bits per heavy atom. The van der Waals surface area contributed by atoms with Gasteiger partial charge in [0, 0.05) is 51.0 Å². The molecule has 2 fully saturated rings. The number of likely N-dealkylation sites (tertiary alicyclic amines) is 2. The number of hydrogen-bond donors (Lipinski definition) is 0. The van der Waals surface area contributed by atoms with Crippen LogP contribution in [0.25, 0.3) is 0 Å². The SMILES string of the molecule is O=C(CCc1ccc(Cl)c(Cl)c1)N1CCC(N2CCC(Oc3ccncc3)CC2)CC1. The van der Waals surface area contributed by atoms with Crippen LogP contribution in [0.15, 0.2) is 42.7 Å². The number of hydrogen-bond acceptors (Lipinski definition) is 4. The Bertz CT molecular complexity index is 864. The molecule has 3 heterocycles. The fourth-order valence-corrected chi connectivity index (χ4v) is 4.87. The lowest BCUT2D eigenvalue weighted by atomic mass is 9.98. The molecular weight excluding hydrogens is 433 g/mol. The lowest BCUT2D eigenvalue weighted by Crippen LogP contribution is -2.50. The molecule has 166 valence electrons. The van der Waals surface area contributed by atoms with Gasteiger partial charge in [-0.05, 0) is 61.9 Å². The van der Waals surface area contributed by atoms with E-state index in [0.717, 1.165) is 63.2 Å². The van der Waals surface area contributed by atoms with E-state index < -0.39 is 0 Å². The zero-order valence-corrected chi connectivity index (χ0v) is 19.2. The van der Waals surface area contributed by atoms with Crippen molar-refractivity contribution in [2.45, 2.75) is 50.7 Å². The number of carbonyl (C=O) groups is 1. The number of benzene rings is 1. The number of ether oxygens (including phenoxy) is 1. The summed E-state index contributed by atoms with van der Waals surface area (Å²) in [6, 6.07) is 9.99. The van der Waals surface area contributed by atoms with Gasteiger partial charge in [0.15, 0.2) is 0 Å². The molecule has 2 aromatic rings. The number of piperidine rings is 2. The van der Waals surface area contributed by atoms with E-state index in [1.807, 2.05) is 29.2 Å². The van der Waals surface area contributed by atoms with Crippen LogP contribution in [0.4, 0.5) is 0 Å². The summed E-state index contributed by atoms with van der Waals surface area (Å²) in [6.07, 6.45) is 9.22. The Labute approximate surface area is 194 Å². The first kappa shape index (κ1) is 22.4. The molecular formula is C24H29Cl2N3O2. The van der Waals surface area contributed by atoms with E-state index in [4.69, 9.17) is 27.9 Å². The second-order valence-electron chi connectivity index (χ2n) is 8.40. The van der Waals surface area contributed by atoms with Crippen LogP contribution in [0.2, 0.25) is 10.0 Å². The lowest BCUT2D eigenvalue weighted by Gasteiger charge is -2.41. The van der Waals surface area contributed by atoms with Crippen LogP contribution in [0.1, 0.15) is 37.7 Å². The first-order chi connectivity index (χ1) is 15.1. The van der Waals surface area contributed by atoms with E-state index in [9.17, 15) is 4.79 Å². The average molecular weight is 462 g/mol. The maximum Gasteiger partial charge on any atom is 0.222 e. The molecule has 0 atom stereocenters. The third kappa shape index (κ3) is 6.12. The molecule has 1 aromatic heterocycles. The van der Waals surface area contributed by atoms with Gasteiger partial charge < -0.3 is 9.64 Å². The van der Waals surface area contributed by atoms with E-state index >= 15 is 0 Å². The molecule has 31 heavy (non-hydrogen) atoms. The molecule has 0 radical (unpaired) electrons. The number of rotatable bonds is 6. The summed E-state index contributed by atoms with van der Waals surface area (Å²) >= 11 is 12.0. The molecule has 7 heteroatoms. The molecule has 0 N–H and O–H groups in total. The van der Waals surface area contributed by atoms with Gasteiger partial charge in [0.2, 0.25) is 5.91 Å². The van der Waals surface area contributed by atoms with Crippen molar-refractivity contribution in [1.82, 2.24) is 14.8 Å². The van der Waals surface area contributed by atoms with Crippen molar-refractivity contribution in [3.05, 3.63) is 58.3 Å². The number of aryl methyl sites for hydroxylation is 1. The van der Waals surface area contributed by atoms with Crippen LogP contribution < -0.4 is 4.74 Å². The van der Waals surface area contributed by atoms with Gasteiger partial charge in [0.05, 0.1) is 10.0 Å². The first-order valence-corrected chi connectivity index (χ1v) is 11.9. The maximum absolute atomic E-state index is 12.7. The van der Waals surface area contributed by atoms with Crippen LogP contribution in [0.5, 0.6) is 5.75 Å². The van der Waals surface area contributed by atoms with E-state index in [1.165, 1.54) is 0 Å². The largest absolute Gasteiger partial charge is 0.490 e. The summed E-state index contributed by atoms with van der Waals surface area (Å²) in [7, 11) is 0. The Balaban J connectivity index is 1.17. The van der Waals surface area contributed by atoms with Crippen molar-refractivity contribution in [2.24, 2.45) is 0 Å². The third-order valence-corrected chi connectivity index (χ3v) is 7.11. The first-order valence-electron chi connectivity index (χ1n) is 11.1. The molecule has 0 spiro atoms. The smallest absolute Gasteiger partial charge is 0.222 e. The van der Waals surface area contributed by atoms with E-state index in [-0.39, 0.29) is 12.0 Å². The second kappa shape index (κ2) is 10.7. The second-order valence-corrected chi connectivity index (χ2v) is 9.21. The predicted octanol–water partition coefficient (Wildman–Crippen LogP) is 4.86. The summed E-state index contributed by atoms with van der Waals surface area (Å²) in [5.41, 5.74) is 1.05. The van der Waals surface area contributed by atoms with Crippen molar-refractivity contribution in [3.8, 4) is 5.75 Å². The topological polar surface area (TPSA) is 45.7 Å². The molecule has 0 saturated carbocycles. The molecule has 2 saturated heterocycles. The van der Waals surface area contributed by atoms with Crippen LogP contribution in [-0.2, 0) is 11.2 Å². The zero-order chi connectivity index (χ0) is 21.6. The average Bonchev–Trinajstić information content (AvgIpc) is 2.81. The van der Waals surface area contributed by atoms with Crippen LogP contribution in [0.3, 0.4) is 0 Å². The van der Waals surface area contributed by atoms with Gasteiger partial charge in [-0.2, -0.15) is 0 Å². The summed E-state index contributed by atoms with van der Waals surface area (Å²) in [4.78, 5) is 21.3. The molecule has 0 aliphatic carbocycles. The molecule has 2 aliphatic heterocycles. The fraction of sp³-hybridized carbons (Fsp3) is 0.500. The minimum Gasteiger partial charge on any atom is -0.490 e. The predicted molar refractivity (Wildman–Crippen MR) is 124 cm³/mol. The summed E-state index contributed by atoms with van der Waals surface area (Å²) in [5, 5.41) is 1.09.